The van der Waals surface area contributed by atoms with Gasteiger partial charge in [-0.3, -0.25) is 9.59 Å². The van der Waals surface area contributed by atoms with E-state index in [9.17, 15) is 9.59 Å². The summed E-state index contributed by atoms with van der Waals surface area (Å²) in [6.07, 6.45) is 0. The first kappa shape index (κ1) is 18.1. The Morgan fingerprint density at radius 3 is 2.68 bits per heavy atom. The molecule has 1 amide bonds. The summed E-state index contributed by atoms with van der Waals surface area (Å²) < 4.78 is 2.99. The smallest absolute Gasteiger partial charge is 0.275 e. The van der Waals surface area contributed by atoms with Gasteiger partial charge in [-0.2, -0.15) is 9.50 Å². The van der Waals surface area contributed by atoms with E-state index in [4.69, 9.17) is 0 Å². The Morgan fingerprint density at radius 1 is 1.18 bits per heavy atom. The van der Waals surface area contributed by atoms with Gasteiger partial charge in [-0.05, 0) is 23.9 Å². The molecule has 28 heavy (non-hydrogen) atoms. The van der Waals surface area contributed by atoms with Crippen molar-refractivity contribution in [2.45, 2.75) is 20.0 Å². The molecule has 4 aromatic rings. The Bertz CT molecular complexity index is 1180. The minimum absolute atomic E-state index is 0.0711. The predicted octanol–water partition coefficient (Wildman–Crippen LogP) is 2.59. The average molecular weight is 393 g/mol. The van der Waals surface area contributed by atoms with Crippen molar-refractivity contribution in [1.29, 1.82) is 0 Å². The van der Waals surface area contributed by atoms with Crippen LogP contribution in [0.2, 0.25) is 0 Å². The third-order valence-electron chi connectivity index (χ3n) is 4.52. The van der Waals surface area contributed by atoms with Gasteiger partial charge >= 0.3 is 0 Å². The van der Waals surface area contributed by atoms with E-state index in [1.165, 1.54) is 21.9 Å². The minimum Gasteiger partial charge on any atom is -0.340 e. The van der Waals surface area contributed by atoms with E-state index in [2.05, 4.69) is 10.1 Å². The lowest BCUT2D eigenvalue weighted by atomic mass is 10.2. The standard InChI is InChI=1S/C20H19N5O2S/c1-14-11-17(26)25-20(21-19(22-25)16-9-6-10-28-16)24(14)13-18(27)23(2)12-15-7-4-3-5-8-15/h3-11H,12-13H2,1-2H3. The van der Waals surface area contributed by atoms with Crippen molar-refractivity contribution >= 4 is 23.0 Å². The number of thiophene rings is 1. The van der Waals surface area contributed by atoms with E-state index in [-0.39, 0.29) is 18.0 Å². The maximum absolute atomic E-state index is 12.8. The molecule has 8 heteroatoms. The van der Waals surface area contributed by atoms with Crippen LogP contribution in [0.25, 0.3) is 16.5 Å². The maximum atomic E-state index is 12.8. The molecule has 0 atom stereocenters. The fourth-order valence-corrected chi connectivity index (χ4v) is 3.66. The third kappa shape index (κ3) is 3.46. The van der Waals surface area contributed by atoms with Gasteiger partial charge in [-0.15, -0.1) is 16.4 Å². The highest BCUT2D eigenvalue weighted by Gasteiger charge is 2.17. The number of aryl methyl sites for hydroxylation is 1. The Labute approximate surface area is 165 Å². The van der Waals surface area contributed by atoms with Crippen molar-refractivity contribution in [2.75, 3.05) is 7.05 Å². The van der Waals surface area contributed by atoms with Crippen LogP contribution in [0.4, 0.5) is 0 Å². The van der Waals surface area contributed by atoms with Gasteiger partial charge in [0.25, 0.3) is 5.56 Å². The highest BCUT2D eigenvalue weighted by atomic mass is 32.1. The quantitative estimate of drug-likeness (QED) is 0.522. The molecule has 0 spiro atoms. The molecule has 142 valence electrons. The number of carbonyl (C=O) groups is 1. The van der Waals surface area contributed by atoms with Gasteiger partial charge < -0.3 is 9.47 Å². The molecule has 3 heterocycles. The van der Waals surface area contributed by atoms with E-state index < -0.39 is 0 Å². The first-order chi connectivity index (χ1) is 13.5. The van der Waals surface area contributed by atoms with E-state index in [0.717, 1.165) is 10.4 Å². The number of carbonyl (C=O) groups excluding carboxylic acids is 1. The summed E-state index contributed by atoms with van der Waals surface area (Å²) in [7, 11) is 1.77. The molecular weight excluding hydrogens is 374 g/mol. The van der Waals surface area contributed by atoms with Crippen LogP contribution in [0, 0.1) is 6.92 Å². The van der Waals surface area contributed by atoms with Crippen molar-refractivity contribution in [2.24, 2.45) is 0 Å². The molecule has 0 saturated carbocycles. The van der Waals surface area contributed by atoms with Crippen LogP contribution in [-0.4, -0.2) is 37.0 Å². The summed E-state index contributed by atoms with van der Waals surface area (Å²) in [4.78, 5) is 32.2. The molecule has 0 aliphatic carbocycles. The molecule has 0 bridgehead atoms. The van der Waals surface area contributed by atoms with Crippen LogP contribution in [-0.2, 0) is 17.9 Å². The number of amides is 1. The van der Waals surface area contributed by atoms with Crippen molar-refractivity contribution in [1.82, 2.24) is 24.1 Å². The highest BCUT2D eigenvalue weighted by molar-refractivity contribution is 7.13. The lowest BCUT2D eigenvalue weighted by Crippen LogP contribution is -2.32. The number of hydrogen-bond donors (Lipinski definition) is 0. The van der Waals surface area contributed by atoms with Crippen molar-refractivity contribution in [3.63, 3.8) is 0 Å². The van der Waals surface area contributed by atoms with Crippen LogP contribution >= 0.6 is 11.3 Å². The zero-order chi connectivity index (χ0) is 19.7. The fraction of sp³-hybridized carbons (Fsp3) is 0.200. The van der Waals surface area contributed by atoms with Crippen molar-refractivity contribution in [3.8, 4) is 10.7 Å². The Kier molecular flexibility index (Phi) is 4.79. The van der Waals surface area contributed by atoms with Gasteiger partial charge in [0.2, 0.25) is 11.7 Å². The van der Waals surface area contributed by atoms with Crippen LogP contribution in [0.3, 0.4) is 0 Å². The summed E-state index contributed by atoms with van der Waals surface area (Å²) >= 11 is 1.50. The molecule has 3 aromatic heterocycles. The summed E-state index contributed by atoms with van der Waals surface area (Å²) in [5, 5.41) is 6.27. The topological polar surface area (TPSA) is 72.5 Å². The minimum atomic E-state index is -0.260. The second-order valence-corrected chi connectivity index (χ2v) is 7.52. The maximum Gasteiger partial charge on any atom is 0.275 e. The largest absolute Gasteiger partial charge is 0.340 e. The molecule has 0 N–H and O–H groups in total. The van der Waals surface area contributed by atoms with E-state index in [1.54, 1.807) is 23.4 Å². The summed E-state index contributed by atoms with van der Waals surface area (Å²) in [5.41, 5.74) is 1.47. The summed E-state index contributed by atoms with van der Waals surface area (Å²) in [5.74, 6) is 0.782. The Balaban J connectivity index is 1.66. The molecule has 4 rings (SSSR count). The molecule has 0 unspecified atom stereocenters. The molecular formula is C20H19N5O2S. The van der Waals surface area contributed by atoms with Gasteiger partial charge in [-0.25, -0.2) is 0 Å². The zero-order valence-electron chi connectivity index (χ0n) is 15.6. The first-order valence-corrected chi connectivity index (χ1v) is 9.70. The fourth-order valence-electron chi connectivity index (χ4n) is 3.01. The van der Waals surface area contributed by atoms with E-state index >= 15 is 0 Å². The average Bonchev–Trinajstić information content (AvgIpc) is 3.35. The summed E-state index contributed by atoms with van der Waals surface area (Å²) in [6.45, 7) is 2.40. The van der Waals surface area contributed by atoms with Gasteiger partial charge in [-0.1, -0.05) is 36.4 Å². The monoisotopic (exact) mass is 393 g/mol. The van der Waals surface area contributed by atoms with Gasteiger partial charge in [0.1, 0.15) is 6.54 Å². The third-order valence-corrected chi connectivity index (χ3v) is 5.39. The number of aromatic nitrogens is 4. The van der Waals surface area contributed by atoms with Crippen LogP contribution in [0.5, 0.6) is 0 Å². The van der Waals surface area contributed by atoms with Crippen molar-refractivity contribution in [3.05, 3.63) is 75.5 Å². The number of nitrogens with zero attached hydrogens (tertiary/aromatic N) is 5. The number of rotatable bonds is 5. The number of fused-ring (bicyclic) bond motifs is 1. The molecule has 0 radical (unpaired) electrons. The SMILES string of the molecule is Cc1cc(=O)n2nc(-c3cccs3)nc2n1CC(=O)N(C)Cc1ccccc1. The first-order valence-electron chi connectivity index (χ1n) is 8.82. The highest BCUT2D eigenvalue weighted by Crippen LogP contribution is 2.21. The lowest BCUT2D eigenvalue weighted by molar-refractivity contribution is -0.131. The second kappa shape index (κ2) is 7.40. The molecule has 0 saturated heterocycles. The van der Waals surface area contributed by atoms with E-state index in [1.807, 2.05) is 47.8 Å². The van der Waals surface area contributed by atoms with Crippen LogP contribution in [0.15, 0.2) is 58.7 Å². The number of hydrogen-bond acceptors (Lipinski definition) is 5. The molecule has 0 aliphatic heterocycles. The molecule has 0 fully saturated rings. The second-order valence-electron chi connectivity index (χ2n) is 6.57. The van der Waals surface area contributed by atoms with Crippen LogP contribution < -0.4 is 5.56 Å². The molecule has 7 nitrogen and oxygen atoms in total. The number of benzene rings is 1. The van der Waals surface area contributed by atoms with Crippen LogP contribution in [0.1, 0.15) is 11.3 Å². The van der Waals surface area contributed by atoms with Gasteiger partial charge in [0.15, 0.2) is 5.82 Å². The molecule has 1 aromatic carbocycles. The van der Waals surface area contributed by atoms with Crippen molar-refractivity contribution < 1.29 is 4.79 Å². The normalized spacial score (nSPS) is 11.1. The Morgan fingerprint density at radius 2 is 1.96 bits per heavy atom. The van der Waals surface area contributed by atoms with E-state index in [0.29, 0.717) is 23.8 Å². The predicted molar refractivity (Wildman–Crippen MR) is 108 cm³/mol. The molecule has 0 aliphatic rings. The van der Waals surface area contributed by atoms with Gasteiger partial charge in [0, 0.05) is 25.4 Å². The zero-order valence-corrected chi connectivity index (χ0v) is 16.4. The Hall–Kier alpha value is -3.26. The van der Waals surface area contributed by atoms with Gasteiger partial charge in [0.05, 0.1) is 4.88 Å². The summed E-state index contributed by atoms with van der Waals surface area (Å²) in [6, 6.07) is 15.1. The lowest BCUT2D eigenvalue weighted by Gasteiger charge is -2.19. The number of likely N-dealkylation sites (N-methyl/N-ethyl adjacent to an activating group) is 1.